The van der Waals surface area contributed by atoms with Crippen molar-refractivity contribution in [1.82, 2.24) is 0 Å². The van der Waals surface area contributed by atoms with Gasteiger partial charge >= 0.3 is 0 Å². The summed E-state index contributed by atoms with van der Waals surface area (Å²) in [5.41, 5.74) is 7.08. The molecule has 6 aromatic carbocycles. The molecule has 7 heteroatoms. The molecule has 4 nitrogen and oxygen atoms in total. The lowest BCUT2D eigenvalue weighted by Crippen LogP contribution is -2.01. The van der Waals surface area contributed by atoms with Gasteiger partial charge in [0.1, 0.15) is 0 Å². The number of sulfone groups is 1. The maximum atomic E-state index is 13.3. The van der Waals surface area contributed by atoms with Crippen molar-refractivity contribution in [2.24, 2.45) is 0 Å². The number of nitrogens with zero attached hydrogens (tertiary/aromatic N) is 2. The molecule has 0 saturated heterocycles. The maximum absolute atomic E-state index is 13.3. The van der Waals surface area contributed by atoms with E-state index in [9.17, 15) is 18.9 Å². The number of nitriles is 2. The minimum absolute atomic E-state index is 0.256. The standard InChI is InChI=1S/C42H24N2O2S3/c43-25-27-20-28(26-44)22-32(21-27)38-24-36-40(31-12-6-2-7-13-31)41-35(39(42(36)48-38)30-10-4-1-5-11-30)23-37(47-41)29-16-18-34(19-17-29)49(45,46)33-14-8-3-9-15-33/h1-24H. The van der Waals surface area contributed by atoms with Crippen LogP contribution in [0.15, 0.2) is 155 Å². The molecule has 8 aromatic rings. The average molecular weight is 685 g/mol. The van der Waals surface area contributed by atoms with E-state index in [1.54, 1.807) is 71.2 Å². The van der Waals surface area contributed by atoms with Crippen LogP contribution in [0, 0.1) is 22.7 Å². The molecule has 2 heterocycles. The van der Waals surface area contributed by atoms with Gasteiger partial charge in [-0.2, -0.15) is 10.5 Å². The molecule has 0 aliphatic heterocycles. The van der Waals surface area contributed by atoms with Crippen LogP contribution < -0.4 is 0 Å². The first kappa shape index (κ1) is 30.5. The number of hydrogen-bond donors (Lipinski definition) is 0. The first-order valence-electron chi connectivity index (χ1n) is 15.4. The van der Waals surface area contributed by atoms with Crippen LogP contribution in [-0.2, 0) is 9.84 Å². The third-order valence-electron chi connectivity index (χ3n) is 8.56. The quantitative estimate of drug-likeness (QED) is 0.175. The van der Waals surface area contributed by atoms with Gasteiger partial charge in [-0.25, -0.2) is 8.42 Å². The second kappa shape index (κ2) is 12.3. The Morgan fingerprint density at radius 3 is 1.35 bits per heavy atom. The molecule has 0 N–H and O–H groups in total. The summed E-state index contributed by atoms with van der Waals surface area (Å²) in [6, 6.07) is 50.5. The Kier molecular flexibility index (Phi) is 7.67. The summed E-state index contributed by atoms with van der Waals surface area (Å²) in [6.07, 6.45) is 0. The number of benzene rings is 6. The molecule has 0 bridgehead atoms. The fourth-order valence-corrected chi connectivity index (χ4v) is 10.0. The second-order valence-electron chi connectivity index (χ2n) is 11.6. The van der Waals surface area contributed by atoms with Crippen LogP contribution in [0.25, 0.3) is 63.3 Å². The van der Waals surface area contributed by atoms with E-state index in [-0.39, 0.29) is 9.79 Å². The van der Waals surface area contributed by atoms with E-state index < -0.39 is 9.84 Å². The summed E-state index contributed by atoms with van der Waals surface area (Å²) in [6.45, 7) is 0. The third-order valence-corrected chi connectivity index (χ3v) is 12.7. The Labute approximate surface area is 292 Å². The molecule has 0 spiro atoms. The number of fused-ring (bicyclic) bond motifs is 2. The van der Waals surface area contributed by atoms with Crippen LogP contribution in [0.1, 0.15) is 11.1 Å². The Bertz CT molecular complexity index is 2590. The van der Waals surface area contributed by atoms with E-state index in [1.807, 2.05) is 60.7 Å². The zero-order valence-corrected chi connectivity index (χ0v) is 28.2. The minimum atomic E-state index is -3.63. The van der Waals surface area contributed by atoms with Crippen molar-refractivity contribution < 1.29 is 8.42 Å². The molecule has 0 aliphatic carbocycles. The van der Waals surface area contributed by atoms with E-state index in [2.05, 4.69) is 48.5 Å². The lowest BCUT2D eigenvalue weighted by atomic mass is 9.93. The van der Waals surface area contributed by atoms with Crippen LogP contribution >= 0.6 is 22.7 Å². The van der Waals surface area contributed by atoms with E-state index in [4.69, 9.17) is 0 Å². The Morgan fingerprint density at radius 1 is 0.449 bits per heavy atom. The van der Waals surface area contributed by atoms with Crippen LogP contribution in [0.3, 0.4) is 0 Å². The molecule has 0 atom stereocenters. The van der Waals surface area contributed by atoms with Gasteiger partial charge in [-0.3, -0.25) is 0 Å². The maximum Gasteiger partial charge on any atom is 0.206 e. The van der Waals surface area contributed by atoms with Gasteiger partial charge in [0.2, 0.25) is 9.84 Å². The van der Waals surface area contributed by atoms with E-state index in [0.29, 0.717) is 11.1 Å². The monoisotopic (exact) mass is 684 g/mol. The normalized spacial score (nSPS) is 11.4. The number of rotatable bonds is 6. The van der Waals surface area contributed by atoms with E-state index in [0.717, 1.165) is 63.3 Å². The lowest BCUT2D eigenvalue weighted by molar-refractivity contribution is 0.596. The highest BCUT2D eigenvalue weighted by Crippen LogP contribution is 2.52. The average Bonchev–Trinajstić information content (AvgIpc) is 3.80. The summed E-state index contributed by atoms with van der Waals surface area (Å²) >= 11 is 3.35. The van der Waals surface area contributed by atoms with Crippen molar-refractivity contribution in [3.8, 4) is 55.3 Å². The molecule has 0 amide bonds. The summed E-state index contributed by atoms with van der Waals surface area (Å²) in [5.74, 6) is 0. The molecule has 232 valence electrons. The predicted molar refractivity (Wildman–Crippen MR) is 200 cm³/mol. The van der Waals surface area contributed by atoms with Crippen molar-refractivity contribution in [1.29, 1.82) is 10.5 Å². The smallest absolute Gasteiger partial charge is 0.206 e. The summed E-state index contributed by atoms with van der Waals surface area (Å²) in [5, 5.41) is 21.6. The van der Waals surface area contributed by atoms with Crippen molar-refractivity contribution in [2.45, 2.75) is 9.79 Å². The molecule has 2 aromatic heterocycles. The largest absolute Gasteiger partial charge is 0.219 e. The highest BCUT2D eigenvalue weighted by molar-refractivity contribution is 7.91. The van der Waals surface area contributed by atoms with Crippen LogP contribution in [0.4, 0.5) is 0 Å². The molecule has 0 saturated carbocycles. The Morgan fingerprint density at radius 2 is 0.878 bits per heavy atom. The van der Waals surface area contributed by atoms with Gasteiger partial charge in [-0.05, 0) is 76.9 Å². The number of hydrogen-bond acceptors (Lipinski definition) is 6. The zero-order valence-electron chi connectivity index (χ0n) is 25.8. The zero-order chi connectivity index (χ0) is 33.5. The molecular formula is C42H24N2O2S3. The van der Waals surface area contributed by atoms with Crippen LogP contribution in [0.2, 0.25) is 0 Å². The van der Waals surface area contributed by atoms with Gasteiger partial charge in [0.15, 0.2) is 0 Å². The molecule has 0 aliphatic rings. The van der Waals surface area contributed by atoms with Gasteiger partial charge in [0.05, 0.1) is 33.1 Å². The molecule has 0 fully saturated rings. The molecular weight excluding hydrogens is 661 g/mol. The summed E-state index contributed by atoms with van der Waals surface area (Å²) in [7, 11) is -3.63. The Balaban J connectivity index is 1.38. The highest BCUT2D eigenvalue weighted by Gasteiger charge is 2.23. The molecule has 0 radical (unpaired) electrons. The van der Waals surface area contributed by atoms with Gasteiger partial charge in [-0.15, -0.1) is 22.7 Å². The molecule has 0 unspecified atom stereocenters. The topological polar surface area (TPSA) is 81.7 Å². The minimum Gasteiger partial charge on any atom is -0.219 e. The first-order valence-corrected chi connectivity index (χ1v) is 18.6. The van der Waals surface area contributed by atoms with Crippen LogP contribution in [0.5, 0.6) is 0 Å². The van der Waals surface area contributed by atoms with Crippen molar-refractivity contribution >= 4 is 52.7 Å². The predicted octanol–water partition coefficient (Wildman–Crippen LogP) is 11.4. The van der Waals surface area contributed by atoms with Gasteiger partial charge in [0, 0.05) is 41.1 Å². The molecule has 8 rings (SSSR count). The summed E-state index contributed by atoms with van der Waals surface area (Å²) < 4.78 is 28.8. The SMILES string of the molecule is N#Cc1cc(C#N)cc(-c2cc3c(-c4ccccc4)c4sc(-c5ccc(S(=O)(=O)c6ccccc6)cc5)cc4c(-c4ccccc4)c3s2)c1. The van der Waals surface area contributed by atoms with Crippen molar-refractivity contribution in [2.75, 3.05) is 0 Å². The fraction of sp³-hybridized carbons (Fsp3) is 0. The highest BCUT2D eigenvalue weighted by atomic mass is 32.2. The second-order valence-corrected chi connectivity index (χ2v) is 15.6. The van der Waals surface area contributed by atoms with Gasteiger partial charge in [0.25, 0.3) is 0 Å². The third kappa shape index (κ3) is 5.41. The van der Waals surface area contributed by atoms with Crippen molar-refractivity contribution in [3.63, 3.8) is 0 Å². The first-order chi connectivity index (χ1) is 23.9. The fourth-order valence-electron chi connectivity index (χ4n) is 6.27. The van der Waals surface area contributed by atoms with Gasteiger partial charge in [-0.1, -0.05) is 91.0 Å². The van der Waals surface area contributed by atoms with E-state index in [1.165, 1.54) is 0 Å². The van der Waals surface area contributed by atoms with Crippen LogP contribution in [-0.4, -0.2) is 8.42 Å². The number of thiophene rings is 2. The van der Waals surface area contributed by atoms with Gasteiger partial charge < -0.3 is 0 Å². The summed E-state index contributed by atoms with van der Waals surface area (Å²) in [4.78, 5) is 2.54. The lowest BCUT2D eigenvalue weighted by Gasteiger charge is -2.12. The van der Waals surface area contributed by atoms with E-state index >= 15 is 0 Å². The Hall–Kier alpha value is -5.83. The molecule has 49 heavy (non-hydrogen) atoms. The van der Waals surface area contributed by atoms with Crippen molar-refractivity contribution in [3.05, 3.63) is 157 Å².